The van der Waals surface area contributed by atoms with Gasteiger partial charge in [-0.1, -0.05) is 0 Å². The molecule has 1 aliphatic rings. The topological polar surface area (TPSA) is 90.8 Å². The van der Waals surface area contributed by atoms with Crippen LogP contribution in [0.3, 0.4) is 0 Å². The lowest BCUT2D eigenvalue weighted by atomic mass is 10.0. The van der Waals surface area contributed by atoms with Gasteiger partial charge in [0.1, 0.15) is 11.3 Å². The summed E-state index contributed by atoms with van der Waals surface area (Å²) in [6, 6.07) is 0. The van der Waals surface area contributed by atoms with Crippen LogP contribution in [0.25, 0.3) is 0 Å². The SMILES string of the molecule is O[C@]1(c2cn[nH]n2)CCN(c2ncc(Br)cn2)C1. The van der Waals surface area contributed by atoms with Gasteiger partial charge >= 0.3 is 0 Å². The van der Waals surface area contributed by atoms with E-state index in [9.17, 15) is 5.11 Å². The van der Waals surface area contributed by atoms with Crippen molar-refractivity contribution in [1.82, 2.24) is 25.4 Å². The van der Waals surface area contributed by atoms with Gasteiger partial charge in [-0.05, 0) is 15.9 Å². The van der Waals surface area contributed by atoms with E-state index in [4.69, 9.17) is 0 Å². The molecule has 0 spiro atoms. The highest BCUT2D eigenvalue weighted by Crippen LogP contribution is 2.31. The molecule has 1 aliphatic heterocycles. The van der Waals surface area contributed by atoms with Gasteiger partial charge in [0, 0.05) is 25.4 Å². The number of aromatic amines is 1. The second-order valence-corrected chi connectivity index (χ2v) is 5.18. The van der Waals surface area contributed by atoms with Gasteiger partial charge in [0.15, 0.2) is 0 Å². The van der Waals surface area contributed by atoms with Crippen molar-refractivity contribution < 1.29 is 5.11 Å². The van der Waals surface area contributed by atoms with Crippen LogP contribution in [-0.4, -0.2) is 43.6 Å². The lowest BCUT2D eigenvalue weighted by Gasteiger charge is -2.20. The third-order valence-electron chi connectivity index (χ3n) is 3.03. The average Bonchev–Trinajstić information content (AvgIpc) is 3.00. The lowest BCUT2D eigenvalue weighted by molar-refractivity contribution is 0.0559. The highest BCUT2D eigenvalue weighted by molar-refractivity contribution is 9.10. The average molecular weight is 311 g/mol. The summed E-state index contributed by atoms with van der Waals surface area (Å²) < 4.78 is 0.831. The number of rotatable bonds is 2. The molecule has 1 fully saturated rings. The van der Waals surface area contributed by atoms with Gasteiger partial charge in [-0.15, -0.1) is 0 Å². The minimum atomic E-state index is -0.983. The number of aliphatic hydroxyl groups is 1. The highest BCUT2D eigenvalue weighted by atomic mass is 79.9. The Morgan fingerprint density at radius 1 is 1.33 bits per heavy atom. The molecule has 7 nitrogen and oxygen atoms in total. The van der Waals surface area contributed by atoms with Gasteiger partial charge < -0.3 is 10.0 Å². The Labute approximate surface area is 111 Å². The van der Waals surface area contributed by atoms with Crippen LogP contribution in [0.15, 0.2) is 23.1 Å². The Morgan fingerprint density at radius 2 is 2.11 bits per heavy atom. The molecule has 1 saturated heterocycles. The zero-order valence-corrected chi connectivity index (χ0v) is 11.0. The van der Waals surface area contributed by atoms with Crippen molar-refractivity contribution in [3.8, 4) is 0 Å². The van der Waals surface area contributed by atoms with Crippen molar-refractivity contribution in [2.45, 2.75) is 12.0 Å². The van der Waals surface area contributed by atoms with Crippen LogP contribution in [0.4, 0.5) is 5.95 Å². The van der Waals surface area contributed by atoms with Crippen molar-refractivity contribution in [3.63, 3.8) is 0 Å². The zero-order valence-electron chi connectivity index (χ0n) is 9.41. The smallest absolute Gasteiger partial charge is 0.225 e. The molecule has 18 heavy (non-hydrogen) atoms. The van der Waals surface area contributed by atoms with E-state index in [1.54, 1.807) is 18.6 Å². The Bertz CT molecular complexity index is 530. The second-order valence-electron chi connectivity index (χ2n) is 4.26. The molecular weight excluding hydrogens is 300 g/mol. The number of hydrogen-bond donors (Lipinski definition) is 2. The molecule has 2 aromatic heterocycles. The molecule has 94 valence electrons. The molecule has 0 amide bonds. The number of H-pyrrole nitrogens is 1. The Kier molecular flexibility index (Phi) is 2.75. The number of anilines is 1. The molecule has 3 rings (SSSR count). The Balaban J connectivity index is 1.81. The summed E-state index contributed by atoms with van der Waals surface area (Å²) in [6.07, 6.45) is 5.51. The molecule has 0 bridgehead atoms. The first-order valence-corrected chi connectivity index (χ1v) is 6.28. The minimum absolute atomic E-state index is 0.418. The first-order valence-electron chi connectivity index (χ1n) is 5.48. The maximum atomic E-state index is 10.5. The lowest BCUT2D eigenvalue weighted by Crippen LogP contribution is -2.31. The summed E-state index contributed by atoms with van der Waals surface area (Å²) in [6.45, 7) is 1.10. The van der Waals surface area contributed by atoms with Crippen molar-refractivity contribution in [3.05, 3.63) is 28.8 Å². The molecule has 2 N–H and O–H groups in total. The van der Waals surface area contributed by atoms with Crippen LogP contribution in [0.2, 0.25) is 0 Å². The van der Waals surface area contributed by atoms with Gasteiger partial charge in [-0.2, -0.15) is 15.4 Å². The normalized spacial score (nSPS) is 23.6. The summed E-state index contributed by atoms with van der Waals surface area (Å²) in [5.74, 6) is 0.609. The zero-order chi connectivity index (χ0) is 12.6. The largest absolute Gasteiger partial charge is 0.381 e. The molecule has 0 unspecified atom stereocenters. The van der Waals surface area contributed by atoms with Gasteiger partial charge in [-0.25, -0.2) is 9.97 Å². The van der Waals surface area contributed by atoms with Crippen LogP contribution in [0.5, 0.6) is 0 Å². The van der Waals surface area contributed by atoms with E-state index in [0.29, 0.717) is 31.2 Å². The van der Waals surface area contributed by atoms with E-state index in [1.807, 2.05) is 4.90 Å². The third-order valence-corrected chi connectivity index (χ3v) is 3.44. The number of nitrogens with one attached hydrogen (secondary N) is 1. The number of halogens is 1. The summed E-state index contributed by atoms with van der Waals surface area (Å²) in [4.78, 5) is 10.4. The van der Waals surface area contributed by atoms with E-state index in [0.717, 1.165) is 4.47 Å². The fourth-order valence-corrected chi connectivity index (χ4v) is 2.27. The quantitative estimate of drug-likeness (QED) is 0.837. The molecule has 3 heterocycles. The highest BCUT2D eigenvalue weighted by Gasteiger charge is 2.40. The van der Waals surface area contributed by atoms with Crippen molar-refractivity contribution in [2.75, 3.05) is 18.0 Å². The monoisotopic (exact) mass is 310 g/mol. The van der Waals surface area contributed by atoms with Crippen LogP contribution in [0, 0.1) is 0 Å². The number of β-amino-alcohol motifs (C(OH)–C–C–N with tert-alkyl or cyclic N) is 1. The van der Waals surface area contributed by atoms with Crippen LogP contribution in [0.1, 0.15) is 12.1 Å². The molecule has 1 atom stereocenters. The summed E-state index contributed by atoms with van der Waals surface area (Å²) in [5, 5.41) is 20.7. The van der Waals surface area contributed by atoms with Crippen molar-refractivity contribution in [1.29, 1.82) is 0 Å². The first kappa shape index (κ1) is 11.5. The van der Waals surface area contributed by atoms with Crippen molar-refractivity contribution in [2.24, 2.45) is 0 Å². The molecule has 0 saturated carbocycles. The van der Waals surface area contributed by atoms with Crippen LogP contribution < -0.4 is 4.90 Å². The third kappa shape index (κ3) is 1.97. The van der Waals surface area contributed by atoms with E-state index >= 15 is 0 Å². The first-order chi connectivity index (χ1) is 8.67. The Hall–Kier alpha value is -1.54. The standard InChI is InChI=1S/C10H11BrN6O/c11-7-3-12-9(13-4-7)17-2-1-10(18,6-17)8-5-14-16-15-8/h3-5,18H,1-2,6H2,(H,14,15,16)/t10-/m1/s1. The van der Waals surface area contributed by atoms with E-state index in [1.165, 1.54) is 0 Å². The predicted octanol–water partition coefficient (Wildman–Crippen LogP) is 0.455. The number of aromatic nitrogens is 5. The van der Waals surface area contributed by atoms with Gasteiger partial charge in [0.05, 0.1) is 17.2 Å². The van der Waals surface area contributed by atoms with Crippen LogP contribution >= 0.6 is 15.9 Å². The predicted molar refractivity (Wildman–Crippen MR) is 66.8 cm³/mol. The molecular formula is C10H11BrN6O. The summed E-state index contributed by atoms with van der Waals surface area (Å²) in [7, 11) is 0. The van der Waals surface area contributed by atoms with E-state index < -0.39 is 5.60 Å². The maximum Gasteiger partial charge on any atom is 0.225 e. The molecule has 0 aromatic carbocycles. The van der Waals surface area contributed by atoms with Gasteiger partial charge in [-0.3, -0.25) is 0 Å². The number of nitrogens with zero attached hydrogens (tertiary/aromatic N) is 5. The summed E-state index contributed by atoms with van der Waals surface area (Å²) in [5.41, 5.74) is -0.425. The Morgan fingerprint density at radius 3 is 2.78 bits per heavy atom. The van der Waals surface area contributed by atoms with Gasteiger partial charge in [0.2, 0.25) is 5.95 Å². The van der Waals surface area contributed by atoms with Crippen LogP contribution in [-0.2, 0) is 5.60 Å². The minimum Gasteiger partial charge on any atom is -0.381 e. The van der Waals surface area contributed by atoms with E-state index in [-0.39, 0.29) is 0 Å². The molecule has 8 heteroatoms. The number of hydrogen-bond acceptors (Lipinski definition) is 6. The fourth-order valence-electron chi connectivity index (χ4n) is 2.07. The molecule has 2 aromatic rings. The second kappa shape index (κ2) is 4.29. The maximum absolute atomic E-state index is 10.5. The van der Waals surface area contributed by atoms with Crippen molar-refractivity contribution >= 4 is 21.9 Å². The molecule has 0 aliphatic carbocycles. The van der Waals surface area contributed by atoms with Gasteiger partial charge in [0.25, 0.3) is 0 Å². The van der Waals surface area contributed by atoms with E-state index in [2.05, 4.69) is 41.3 Å². The molecule has 0 radical (unpaired) electrons. The fraction of sp³-hybridized carbons (Fsp3) is 0.400. The summed E-state index contributed by atoms with van der Waals surface area (Å²) >= 11 is 3.29.